The molecule has 2 aromatic carbocycles. The van der Waals surface area contributed by atoms with Crippen molar-refractivity contribution in [2.75, 3.05) is 12.4 Å². The summed E-state index contributed by atoms with van der Waals surface area (Å²) in [5.41, 5.74) is 1.93. The van der Waals surface area contributed by atoms with Crippen LogP contribution in [0.5, 0.6) is 0 Å². The van der Waals surface area contributed by atoms with Crippen LogP contribution in [0, 0.1) is 6.92 Å². The number of carbonyl (C=O) groups excluding carboxylic acids is 2. The Morgan fingerprint density at radius 3 is 2.39 bits per heavy atom. The Bertz CT molecular complexity index is 918. The van der Waals surface area contributed by atoms with Crippen molar-refractivity contribution in [3.63, 3.8) is 0 Å². The van der Waals surface area contributed by atoms with Gasteiger partial charge in [-0.05, 0) is 37.3 Å². The quantitative estimate of drug-likeness (QED) is 0.913. The van der Waals surface area contributed by atoms with Gasteiger partial charge in [-0.2, -0.15) is 0 Å². The first-order valence-corrected chi connectivity index (χ1v) is 8.30. The molecule has 118 valence electrons. The van der Waals surface area contributed by atoms with Crippen LogP contribution in [-0.4, -0.2) is 31.6 Å². The van der Waals surface area contributed by atoms with E-state index in [4.69, 9.17) is 0 Å². The highest BCUT2D eigenvalue weighted by Crippen LogP contribution is 2.29. The highest BCUT2D eigenvalue weighted by Gasteiger charge is 2.38. The van der Waals surface area contributed by atoms with Crippen molar-refractivity contribution in [1.82, 2.24) is 4.31 Å². The van der Waals surface area contributed by atoms with Crippen molar-refractivity contribution < 1.29 is 18.0 Å². The molecule has 0 unspecified atom stereocenters. The summed E-state index contributed by atoms with van der Waals surface area (Å²) >= 11 is 0. The van der Waals surface area contributed by atoms with Crippen molar-refractivity contribution in [3.05, 3.63) is 59.2 Å². The zero-order valence-corrected chi connectivity index (χ0v) is 13.3. The number of nitrogens with one attached hydrogen (secondary N) is 1. The standard InChI is InChI=1S/C16H14N2O4S/c1-10-3-6-12(7-4-10)17-15(19)11-5-8-13-14(9-11)23(21,22)18(2)16(13)20/h3-9H,1-2H3,(H,17,19). The number of benzene rings is 2. The first kappa shape index (κ1) is 15.2. The SMILES string of the molecule is Cc1ccc(NC(=O)c2ccc3c(c2)S(=O)(=O)N(C)C3=O)cc1. The minimum absolute atomic E-state index is 0.0828. The number of hydrogen-bond acceptors (Lipinski definition) is 4. The zero-order valence-electron chi connectivity index (χ0n) is 12.5. The average molecular weight is 330 g/mol. The molecule has 2 aromatic rings. The highest BCUT2D eigenvalue weighted by atomic mass is 32.2. The number of fused-ring (bicyclic) bond motifs is 1. The van der Waals surface area contributed by atoms with Crippen LogP contribution in [0.3, 0.4) is 0 Å². The summed E-state index contributed by atoms with van der Waals surface area (Å²) < 4.78 is 25.0. The molecular formula is C16H14N2O4S. The molecular weight excluding hydrogens is 316 g/mol. The lowest BCUT2D eigenvalue weighted by Crippen LogP contribution is -2.24. The Morgan fingerprint density at radius 1 is 1.09 bits per heavy atom. The monoisotopic (exact) mass is 330 g/mol. The number of sulfonamides is 1. The molecule has 0 saturated carbocycles. The van der Waals surface area contributed by atoms with E-state index in [-0.39, 0.29) is 16.0 Å². The first-order valence-electron chi connectivity index (χ1n) is 6.86. The summed E-state index contributed by atoms with van der Waals surface area (Å²) in [4.78, 5) is 24.0. The van der Waals surface area contributed by atoms with Gasteiger partial charge in [0.1, 0.15) is 4.90 Å². The van der Waals surface area contributed by atoms with Gasteiger partial charge in [-0.25, -0.2) is 12.7 Å². The van der Waals surface area contributed by atoms with Crippen LogP contribution in [0.2, 0.25) is 0 Å². The molecule has 0 aliphatic carbocycles. The van der Waals surface area contributed by atoms with Gasteiger partial charge in [-0.15, -0.1) is 0 Å². The molecule has 2 amide bonds. The average Bonchev–Trinajstić information content (AvgIpc) is 2.70. The second kappa shape index (κ2) is 5.20. The topological polar surface area (TPSA) is 83.6 Å². The number of amides is 2. The van der Waals surface area contributed by atoms with Crippen LogP contribution >= 0.6 is 0 Å². The molecule has 1 heterocycles. The van der Waals surface area contributed by atoms with Gasteiger partial charge in [0.25, 0.3) is 21.8 Å². The van der Waals surface area contributed by atoms with Crippen LogP contribution < -0.4 is 5.32 Å². The van der Waals surface area contributed by atoms with Crippen molar-refractivity contribution >= 4 is 27.5 Å². The minimum atomic E-state index is -3.86. The third-order valence-electron chi connectivity index (χ3n) is 3.71. The summed E-state index contributed by atoms with van der Waals surface area (Å²) in [6.07, 6.45) is 0. The number of carbonyl (C=O) groups is 2. The lowest BCUT2D eigenvalue weighted by molar-refractivity contribution is 0.0890. The molecule has 1 aliphatic heterocycles. The van der Waals surface area contributed by atoms with Crippen LogP contribution in [0.15, 0.2) is 47.4 Å². The van der Waals surface area contributed by atoms with Crippen LogP contribution in [0.25, 0.3) is 0 Å². The fourth-order valence-corrected chi connectivity index (χ4v) is 3.64. The molecule has 23 heavy (non-hydrogen) atoms. The van der Waals surface area contributed by atoms with E-state index in [2.05, 4.69) is 5.32 Å². The molecule has 6 nitrogen and oxygen atoms in total. The third kappa shape index (κ3) is 2.49. The van der Waals surface area contributed by atoms with Gasteiger partial charge >= 0.3 is 0 Å². The lowest BCUT2D eigenvalue weighted by atomic mass is 10.1. The van der Waals surface area contributed by atoms with Crippen molar-refractivity contribution in [2.24, 2.45) is 0 Å². The Balaban J connectivity index is 1.94. The van der Waals surface area contributed by atoms with E-state index in [0.29, 0.717) is 9.99 Å². The van der Waals surface area contributed by atoms with E-state index in [1.165, 1.54) is 25.2 Å². The Hall–Kier alpha value is -2.67. The summed E-state index contributed by atoms with van der Waals surface area (Å²) in [6.45, 7) is 1.93. The summed E-state index contributed by atoms with van der Waals surface area (Å²) in [5, 5.41) is 2.69. The van der Waals surface area contributed by atoms with Crippen LogP contribution in [-0.2, 0) is 10.0 Å². The number of rotatable bonds is 2. The Morgan fingerprint density at radius 2 is 1.74 bits per heavy atom. The molecule has 7 heteroatoms. The second-order valence-corrected chi connectivity index (χ2v) is 7.25. The minimum Gasteiger partial charge on any atom is -0.322 e. The maximum absolute atomic E-state index is 12.3. The molecule has 0 atom stereocenters. The van der Waals surface area contributed by atoms with Gasteiger partial charge in [0.05, 0.1) is 5.56 Å². The van der Waals surface area contributed by atoms with Gasteiger partial charge in [0.2, 0.25) is 0 Å². The number of nitrogens with zero attached hydrogens (tertiary/aromatic N) is 1. The number of aryl methyl sites for hydroxylation is 1. The molecule has 0 saturated heterocycles. The predicted molar refractivity (Wildman–Crippen MR) is 84.9 cm³/mol. The Labute approximate surface area is 133 Å². The van der Waals surface area contributed by atoms with E-state index in [1.54, 1.807) is 12.1 Å². The highest BCUT2D eigenvalue weighted by molar-refractivity contribution is 7.90. The van der Waals surface area contributed by atoms with Gasteiger partial charge < -0.3 is 5.32 Å². The molecule has 0 radical (unpaired) electrons. The van der Waals surface area contributed by atoms with Gasteiger partial charge in [-0.3, -0.25) is 9.59 Å². The molecule has 1 aliphatic rings. The molecule has 1 N–H and O–H groups in total. The lowest BCUT2D eigenvalue weighted by Gasteiger charge is -2.07. The number of hydrogen-bond donors (Lipinski definition) is 1. The maximum Gasteiger partial charge on any atom is 0.268 e. The third-order valence-corrected chi connectivity index (χ3v) is 5.49. The first-order chi connectivity index (χ1) is 10.8. The molecule has 0 bridgehead atoms. The van der Waals surface area contributed by atoms with E-state index in [9.17, 15) is 18.0 Å². The summed E-state index contributed by atoms with van der Waals surface area (Å²) in [5.74, 6) is -1.03. The van der Waals surface area contributed by atoms with E-state index in [0.717, 1.165) is 5.56 Å². The van der Waals surface area contributed by atoms with Crippen LogP contribution in [0.4, 0.5) is 5.69 Å². The molecule has 0 spiro atoms. The number of anilines is 1. The van der Waals surface area contributed by atoms with Crippen LogP contribution in [0.1, 0.15) is 26.3 Å². The van der Waals surface area contributed by atoms with Gasteiger partial charge in [-0.1, -0.05) is 17.7 Å². The summed E-state index contributed by atoms with van der Waals surface area (Å²) in [6, 6.07) is 11.3. The predicted octanol–water partition coefficient (Wildman–Crippen LogP) is 2.02. The van der Waals surface area contributed by atoms with E-state index >= 15 is 0 Å². The Kier molecular flexibility index (Phi) is 3.45. The zero-order chi connectivity index (χ0) is 16.8. The van der Waals surface area contributed by atoms with Gasteiger partial charge in [0, 0.05) is 18.3 Å². The molecule has 3 rings (SSSR count). The largest absolute Gasteiger partial charge is 0.322 e. The fraction of sp³-hybridized carbons (Fsp3) is 0.125. The fourth-order valence-electron chi connectivity index (χ4n) is 2.32. The summed E-state index contributed by atoms with van der Waals surface area (Å²) in [7, 11) is -2.67. The second-order valence-electron chi connectivity index (χ2n) is 5.31. The van der Waals surface area contributed by atoms with Crippen molar-refractivity contribution in [3.8, 4) is 0 Å². The van der Waals surface area contributed by atoms with E-state index < -0.39 is 21.8 Å². The van der Waals surface area contributed by atoms with Crippen molar-refractivity contribution in [2.45, 2.75) is 11.8 Å². The van der Waals surface area contributed by atoms with Gasteiger partial charge in [0.15, 0.2) is 0 Å². The smallest absolute Gasteiger partial charge is 0.268 e. The normalized spacial score (nSPS) is 15.4. The van der Waals surface area contributed by atoms with Crippen molar-refractivity contribution in [1.29, 1.82) is 0 Å². The molecule has 0 fully saturated rings. The maximum atomic E-state index is 12.3. The molecule has 0 aromatic heterocycles. The van der Waals surface area contributed by atoms with E-state index in [1.807, 2.05) is 19.1 Å².